The van der Waals surface area contributed by atoms with E-state index >= 15 is 0 Å². The molecule has 0 aliphatic carbocycles. The van der Waals surface area contributed by atoms with E-state index in [1.54, 1.807) is 7.05 Å². The molecule has 1 saturated heterocycles. The maximum absolute atomic E-state index is 12.0. The van der Waals surface area contributed by atoms with Crippen molar-refractivity contribution in [1.82, 2.24) is 15.5 Å². The molecule has 8 heteroatoms. The summed E-state index contributed by atoms with van der Waals surface area (Å²) in [6, 6.07) is 7.56. The lowest BCUT2D eigenvalue weighted by Gasteiger charge is -2.34. The number of carbonyl (C=O) groups is 2. The average Bonchev–Trinajstić information content (AvgIpc) is 2.62. The van der Waals surface area contributed by atoms with Crippen molar-refractivity contribution in [1.29, 1.82) is 0 Å². The number of hydrogen-bond donors (Lipinski definition) is 3. The van der Waals surface area contributed by atoms with Crippen LogP contribution in [-0.2, 0) is 11.3 Å². The van der Waals surface area contributed by atoms with E-state index in [-0.39, 0.29) is 41.7 Å². The van der Waals surface area contributed by atoms with Crippen molar-refractivity contribution in [3.05, 3.63) is 35.4 Å². The molecule has 0 aromatic heterocycles. The number of guanidine groups is 1. The van der Waals surface area contributed by atoms with Crippen LogP contribution < -0.4 is 16.4 Å². The highest BCUT2D eigenvalue weighted by Crippen LogP contribution is 2.19. The summed E-state index contributed by atoms with van der Waals surface area (Å²) in [4.78, 5) is 29.7. The molecule has 0 radical (unpaired) electrons. The second-order valence-corrected chi connectivity index (χ2v) is 6.59. The summed E-state index contributed by atoms with van der Waals surface area (Å²) in [6.07, 6.45) is 2.46. The second-order valence-electron chi connectivity index (χ2n) is 6.59. The molecule has 27 heavy (non-hydrogen) atoms. The molecule has 0 bridgehead atoms. The van der Waals surface area contributed by atoms with E-state index in [1.165, 1.54) is 0 Å². The number of likely N-dealkylation sites (tertiary alicyclic amines) is 1. The predicted molar refractivity (Wildman–Crippen MR) is 118 cm³/mol. The van der Waals surface area contributed by atoms with Crippen LogP contribution in [0.4, 0.5) is 0 Å². The minimum absolute atomic E-state index is 0. The SMILES string of the molecule is CCNC(=O)c1cccc(CNC(=NC)N2CCCC(CC(N)=O)C2)c1.I. The fourth-order valence-corrected chi connectivity index (χ4v) is 3.31. The van der Waals surface area contributed by atoms with Crippen molar-refractivity contribution in [3.63, 3.8) is 0 Å². The highest BCUT2D eigenvalue weighted by Gasteiger charge is 2.23. The molecule has 1 atom stereocenters. The lowest BCUT2D eigenvalue weighted by Crippen LogP contribution is -2.46. The quantitative estimate of drug-likeness (QED) is 0.323. The van der Waals surface area contributed by atoms with Crippen molar-refractivity contribution in [3.8, 4) is 0 Å². The molecule has 4 N–H and O–H groups in total. The number of nitrogens with zero attached hydrogens (tertiary/aromatic N) is 2. The van der Waals surface area contributed by atoms with E-state index in [1.807, 2.05) is 31.2 Å². The molecule has 2 amide bonds. The Morgan fingerprint density at radius 1 is 1.33 bits per heavy atom. The highest BCUT2D eigenvalue weighted by molar-refractivity contribution is 14.0. The third-order valence-electron chi connectivity index (χ3n) is 4.50. The Morgan fingerprint density at radius 3 is 2.78 bits per heavy atom. The van der Waals surface area contributed by atoms with Crippen molar-refractivity contribution >= 4 is 41.8 Å². The largest absolute Gasteiger partial charge is 0.370 e. The first-order valence-electron chi connectivity index (χ1n) is 9.14. The number of aliphatic imine (C=N–C) groups is 1. The standard InChI is InChI=1S/C19H29N5O2.HI/c1-3-22-18(26)16-8-4-6-14(10-16)12-23-19(21-2)24-9-5-7-15(13-24)11-17(20)25;/h4,6,8,10,15H,3,5,7,9,11-13H2,1-2H3,(H2,20,25)(H,21,23)(H,22,26);1H. The van der Waals surface area contributed by atoms with Gasteiger partial charge in [-0.25, -0.2) is 0 Å². The number of nitrogens with two attached hydrogens (primary N) is 1. The summed E-state index contributed by atoms with van der Waals surface area (Å²) >= 11 is 0. The van der Waals surface area contributed by atoms with Crippen LogP contribution in [0, 0.1) is 5.92 Å². The molecular formula is C19H30IN5O2. The Labute approximate surface area is 178 Å². The third-order valence-corrected chi connectivity index (χ3v) is 4.50. The van der Waals surface area contributed by atoms with Gasteiger partial charge in [-0.05, 0) is 43.4 Å². The van der Waals surface area contributed by atoms with Crippen LogP contribution >= 0.6 is 24.0 Å². The second kappa shape index (κ2) is 11.8. The number of hydrogen-bond acceptors (Lipinski definition) is 3. The number of primary amides is 1. The Kier molecular flexibility index (Phi) is 10.1. The maximum Gasteiger partial charge on any atom is 0.251 e. The lowest BCUT2D eigenvalue weighted by molar-refractivity contribution is -0.119. The van der Waals surface area contributed by atoms with Gasteiger partial charge in [0.15, 0.2) is 5.96 Å². The van der Waals surface area contributed by atoms with Crippen molar-refractivity contribution in [2.24, 2.45) is 16.6 Å². The minimum Gasteiger partial charge on any atom is -0.370 e. The fraction of sp³-hybridized carbons (Fsp3) is 0.526. The molecular weight excluding hydrogens is 457 g/mol. The molecule has 1 fully saturated rings. The van der Waals surface area contributed by atoms with Crippen LogP contribution in [0.5, 0.6) is 0 Å². The number of carbonyl (C=O) groups excluding carboxylic acids is 2. The summed E-state index contributed by atoms with van der Waals surface area (Å²) in [5.41, 5.74) is 7.00. The maximum atomic E-state index is 12.0. The van der Waals surface area contributed by atoms with E-state index < -0.39 is 0 Å². The molecule has 2 rings (SSSR count). The molecule has 1 unspecified atom stereocenters. The third kappa shape index (κ3) is 7.36. The molecule has 150 valence electrons. The van der Waals surface area contributed by atoms with E-state index in [0.717, 1.165) is 37.5 Å². The first-order valence-corrected chi connectivity index (χ1v) is 9.14. The predicted octanol–water partition coefficient (Wildman–Crippen LogP) is 1.72. The molecule has 0 spiro atoms. The van der Waals surface area contributed by atoms with Gasteiger partial charge >= 0.3 is 0 Å². The van der Waals surface area contributed by atoms with Gasteiger partial charge in [0.05, 0.1) is 0 Å². The number of nitrogens with one attached hydrogen (secondary N) is 2. The fourth-order valence-electron chi connectivity index (χ4n) is 3.31. The molecule has 1 aliphatic rings. The minimum atomic E-state index is -0.248. The van der Waals surface area contributed by atoms with Gasteiger partial charge in [-0.3, -0.25) is 14.6 Å². The van der Waals surface area contributed by atoms with Crippen LogP contribution in [0.1, 0.15) is 42.1 Å². The van der Waals surface area contributed by atoms with Crippen LogP contribution in [0.15, 0.2) is 29.3 Å². The molecule has 7 nitrogen and oxygen atoms in total. The summed E-state index contributed by atoms with van der Waals surface area (Å²) in [5, 5.41) is 6.16. The highest BCUT2D eigenvalue weighted by atomic mass is 127. The number of piperidine rings is 1. The van der Waals surface area contributed by atoms with Gasteiger partial charge in [-0.2, -0.15) is 0 Å². The smallest absolute Gasteiger partial charge is 0.251 e. The number of rotatable bonds is 6. The first-order chi connectivity index (χ1) is 12.5. The van der Waals surface area contributed by atoms with Crippen LogP contribution in [0.3, 0.4) is 0 Å². The summed E-state index contributed by atoms with van der Waals surface area (Å²) in [7, 11) is 1.76. The van der Waals surface area contributed by atoms with E-state index in [0.29, 0.717) is 25.1 Å². The molecule has 1 aliphatic heterocycles. The van der Waals surface area contributed by atoms with Gasteiger partial charge < -0.3 is 21.3 Å². The topological polar surface area (TPSA) is 99.8 Å². The summed E-state index contributed by atoms with van der Waals surface area (Å²) in [6.45, 7) is 4.78. The average molecular weight is 487 g/mol. The van der Waals surface area contributed by atoms with Crippen molar-refractivity contribution in [2.45, 2.75) is 32.7 Å². The van der Waals surface area contributed by atoms with Crippen molar-refractivity contribution < 1.29 is 9.59 Å². The van der Waals surface area contributed by atoms with Crippen LogP contribution in [0.2, 0.25) is 0 Å². The Morgan fingerprint density at radius 2 is 2.11 bits per heavy atom. The lowest BCUT2D eigenvalue weighted by atomic mass is 9.95. The van der Waals surface area contributed by atoms with Crippen LogP contribution in [-0.4, -0.2) is 49.4 Å². The van der Waals surface area contributed by atoms with Gasteiger partial charge in [0.1, 0.15) is 0 Å². The molecule has 1 aromatic rings. The van der Waals surface area contributed by atoms with Gasteiger partial charge in [0, 0.05) is 45.2 Å². The summed E-state index contributed by atoms with van der Waals surface area (Å²) < 4.78 is 0. The van der Waals surface area contributed by atoms with E-state index in [2.05, 4.69) is 20.5 Å². The van der Waals surface area contributed by atoms with Gasteiger partial charge in [0.2, 0.25) is 5.91 Å². The summed E-state index contributed by atoms with van der Waals surface area (Å²) in [5.74, 6) is 0.773. The van der Waals surface area contributed by atoms with E-state index in [9.17, 15) is 9.59 Å². The number of benzene rings is 1. The zero-order chi connectivity index (χ0) is 18.9. The molecule has 1 aromatic carbocycles. The zero-order valence-electron chi connectivity index (χ0n) is 16.0. The number of amides is 2. The molecule has 1 heterocycles. The molecule has 0 saturated carbocycles. The zero-order valence-corrected chi connectivity index (χ0v) is 18.4. The Balaban J connectivity index is 0.00000364. The monoisotopic (exact) mass is 487 g/mol. The van der Waals surface area contributed by atoms with Crippen LogP contribution in [0.25, 0.3) is 0 Å². The van der Waals surface area contributed by atoms with Gasteiger partial charge in [-0.15, -0.1) is 24.0 Å². The number of halogens is 1. The first kappa shape index (κ1) is 23.2. The Bertz CT molecular complexity index is 665. The van der Waals surface area contributed by atoms with Gasteiger partial charge in [0.25, 0.3) is 5.91 Å². The van der Waals surface area contributed by atoms with E-state index in [4.69, 9.17) is 5.73 Å². The van der Waals surface area contributed by atoms with Gasteiger partial charge in [-0.1, -0.05) is 12.1 Å². The van der Waals surface area contributed by atoms with Crippen molar-refractivity contribution in [2.75, 3.05) is 26.7 Å². The normalized spacial score (nSPS) is 17.0. The Hall–Kier alpha value is -1.84.